The van der Waals surface area contributed by atoms with Gasteiger partial charge >= 0.3 is 22.1 Å². The summed E-state index contributed by atoms with van der Waals surface area (Å²) in [6.45, 7) is 3.06. The van der Waals surface area contributed by atoms with Crippen LogP contribution in [0.1, 0.15) is 11.4 Å². The number of benzene rings is 2. The summed E-state index contributed by atoms with van der Waals surface area (Å²) in [4.78, 5) is 25.2. The van der Waals surface area contributed by atoms with Crippen LogP contribution in [0.4, 0.5) is 0 Å². The zero-order valence-electron chi connectivity index (χ0n) is 12.9. The molecule has 0 bridgehead atoms. The van der Waals surface area contributed by atoms with E-state index in [1.165, 1.54) is 38.1 Å². The van der Waals surface area contributed by atoms with Crippen molar-refractivity contribution in [3.8, 4) is 0 Å². The van der Waals surface area contributed by atoms with Crippen molar-refractivity contribution >= 4 is 33.1 Å². The summed E-state index contributed by atoms with van der Waals surface area (Å²) in [5.74, 6) is 0. The molecule has 2 aromatic carbocycles. The van der Waals surface area contributed by atoms with Gasteiger partial charge < -0.3 is 19.9 Å². The van der Waals surface area contributed by atoms with Crippen molar-refractivity contribution in [1.82, 2.24) is 9.46 Å². The molecule has 0 aliphatic heterocycles. The first-order valence-electron chi connectivity index (χ1n) is 7.25. The summed E-state index contributed by atoms with van der Waals surface area (Å²) < 4.78 is 2.40. The smallest absolute Gasteiger partial charge is 0.341 e. The van der Waals surface area contributed by atoms with Gasteiger partial charge in [-0.25, -0.2) is 0 Å². The van der Waals surface area contributed by atoms with E-state index in [1.807, 2.05) is 0 Å². The van der Waals surface area contributed by atoms with Crippen molar-refractivity contribution in [2.24, 2.45) is 0 Å². The largest absolute Gasteiger partial charge is 0.805 e. The molecule has 8 nitrogen and oxygen atoms in total. The van der Waals surface area contributed by atoms with E-state index < -0.39 is 0 Å². The number of hydrogen-bond donors (Lipinski definition) is 0. The lowest BCUT2D eigenvalue weighted by Gasteiger charge is -2.27. The molecule has 2 aromatic heterocycles. The second-order valence-electron chi connectivity index (χ2n) is 5.67. The van der Waals surface area contributed by atoms with Crippen LogP contribution in [0.3, 0.4) is 0 Å². The predicted molar refractivity (Wildman–Crippen MR) is 88.7 cm³/mol. The minimum atomic E-state index is 0.0315. The average molecular weight is 324 g/mol. The number of para-hydroxylation sites is 2. The summed E-state index contributed by atoms with van der Waals surface area (Å²) in [7, 11) is 0. The Hall–Kier alpha value is -3.42. The van der Waals surface area contributed by atoms with E-state index in [2.05, 4.69) is 0 Å². The van der Waals surface area contributed by atoms with Crippen LogP contribution in [0.2, 0.25) is 0 Å². The van der Waals surface area contributed by atoms with Gasteiger partial charge in [-0.15, -0.1) is 0 Å². The molecule has 24 heavy (non-hydrogen) atoms. The third-order valence-electron chi connectivity index (χ3n) is 4.40. The van der Waals surface area contributed by atoms with Crippen molar-refractivity contribution in [2.75, 3.05) is 0 Å². The van der Waals surface area contributed by atoms with E-state index >= 15 is 0 Å². The molecule has 0 radical (unpaired) electrons. The van der Waals surface area contributed by atoms with Gasteiger partial charge in [0, 0.05) is 45.5 Å². The molecular formula is C16H12N4O4. The molecule has 0 spiro atoms. The molecular weight excluding hydrogens is 312 g/mol. The molecule has 4 aromatic rings. The number of rotatable bonds is 0. The fourth-order valence-electron chi connectivity index (χ4n) is 2.93. The quantitative estimate of drug-likeness (QED) is 0.364. The van der Waals surface area contributed by atoms with Crippen LogP contribution in [0.15, 0.2) is 36.4 Å². The minimum Gasteiger partial charge on any atom is -0.805 e. The Morgan fingerprint density at radius 2 is 1.12 bits per heavy atom. The van der Waals surface area contributed by atoms with E-state index in [-0.39, 0.29) is 44.5 Å². The summed E-state index contributed by atoms with van der Waals surface area (Å²) in [5.41, 5.74) is 1.01. The minimum absolute atomic E-state index is 0.0315. The molecule has 0 unspecified atom stereocenters. The van der Waals surface area contributed by atoms with Gasteiger partial charge in [-0.3, -0.25) is 0 Å². The van der Waals surface area contributed by atoms with E-state index in [9.17, 15) is 20.2 Å². The lowest BCUT2D eigenvalue weighted by molar-refractivity contribution is -0.478. The maximum atomic E-state index is 12.6. The first-order valence-corrected chi connectivity index (χ1v) is 7.25. The third kappa shape index (κ3) is 1.62. The molecule has 4 rings (SSSR count). The standard InChI is InChI=1S/C16H12N4O4/c1-9-10(2)18(22)14-8-16-15(7-13(14)17(9)21)19(23)11-5-3-4-6-12(11)20(16)24/h3-8H,1-2H3. The van der Waals surface area contributed by atoms with Gasteiger partial charge in [-0.2, -0.15) is 0 Å². The highest BCUT2D eigenvalue weighted by Crippen LogP contribution is 2.23. The molecule has 0 saturated carbocycles. The summed E-state index contributed by atoms with van der Waals surface area (Å²) in [5, 5.41) is 24.7. The molecule has 0 fully saturated rings. The topological polar surface area (TPSA) is 102 Å². The van der Waals surface area contributed by atoms with E-state index in [0.29, 0.717) is 18.3 Å². The molecule has 0 atom stereocenters. The van der Waals surface area contributed by atoms with Crippen LogP contribution >= 0.6 is 0 Å². The number of fused-ring (bicyclic) bond motifs is 3. The lowest BCUT2D eigenvalue weighted by atomic mass is 10.2. The van der Waals surface area contributed by atoms with Gasteiger partial charge in [-0.05, 0) is 13.8 Å². The molecule has 0 saturated heterocycles. The highest BCUT2D eigenvalue weighted by atomic mass is 16.5. The Labute approximate surface area is 134 Å². The Morgan fingerprint density at radius 3 is 1.50 bits per heavy atom. The lowest BCUT2D eigenvalue weighted by Crippen LogP contribution is -2.28. The molecule has 0 aliphatic carbocycles. The van der Waals surface area contributed by atoms with Crippen LogP contribution in [-0.2, 0) is 0 Å². The van der Waals surface area contributed by atoms with Crippen LogP contribution in [-0.4, -0.2) is 9.46 Å². The second kappa shape index (κ2) is 4.54. The fourth-order valence-corrected chi connectivity index (χ4v) is 2.93. The fraction of sp³-hybridized carbons (Fsp3) is 0.125. The van der Waals surface area contributed by atoms with Crippen molar-refractivity contribution in [3.05, 3.63) is 68.0 Å². The zero-order valence-corrected chi connectivity index (χ0v) is 12.9. The zero-order chi connectivity index (χ0) is 17.2. The molecule has 0 aliphatic rings. The summed E-state index contributed by atoms with van der Waals surface area (Å²) >= 11 is 0. The Bertz CT molecular complexity index is 1190. The Kier molecular flexibility index (Phi) is 2.69. The molecule has 8 heteroatoms. The maximum Gasteiger partial charge on any atom is 0.341 e. The van der Waals surface area contributed by atoms with Gasteiger partial charge in [0.05, 0.1) is 19.9 Å². The third-order valence-corrected chi connectivity index (χ3v) is 4.40. The highest BCUT2D eigenvalue weighted by molar-refractivity contribution is 5.90. The van der Waals surface area contributed by atoms with Gasteiger partial charge in [0.1, 0.15) is 0 Å². The summed E-state index contributed by atoms with van der Waals surface area (Å²) in [6, 6.07) is 8.92. The van der Waals surface area contributed by atoms with Gasteiger partial charge in [0.25, 0.3) is 0 Å². The van der Waals surface area contributed by atoms with Crippen LogP contribution in [0, 0.1) is 34.1 Å². The van der Waals surface area contributed by atoms with Crippen LogP contribution in [0.25, 0.3) is 33.1 Å². The first-order chi connectivity index (χ1) is 11.4. The van der Waals surface area contributed by atoms with Gasteiger partial charge in [0.15, 0.2) is 0 Å². The van der Waals surface area contributed by atoms with E-state index in [0.717, 1.165) is 0 Å². The average Bonchev–Trinajstić information content (AvgIpc) is 2.61. The van der Waals surface area contributed by atoms with Crippen molar-refractivity contribution < 1.29 is 8.85 Å². The Balaban J connectivity index is 2.37. The van der Waals surface area contributed by atoms with Crippen LogP contribution < -0.4 is 8.85 Å². The maximum absolute atomic E-state index is 12.6. The Morgan fingerprint density at radius 1 is 0.750 bits per heavy atom. The van der Waals surface area contributed by atoms with Crippen molar-refractivity contribution in [3.63, 3.8) is 0 Å². The molecule has 0 N–H and O–H groups in total. The van der Waals surface area contributed by atoms with Crippen LogP contribution in [0.5, 0.6) is 0 Å². The normalized spacial score (nSPS) is 11.6. The molecule has 0 amide bonds. The van der Waals surface area contributed by atoms with Gasteiger partial charge in [-0.1, -0.05) is 12.1 Å². The van der Waals surface area contributed by atoms with Crippen molar-refractivity contribution in [1.29, 1.82) is 0 Å². The van der Waals surface area contributed by atoms with E-state index in [1.54, 1.807) is 12.1 Å². The number of aromatic nitrogens is 4. The van der Waals surface area contributed by atoms with Crippen molar-refractivity contribution in [2.45, 2.75) is 13.8 Å². The molecule has 120 valence electrons. The predicted octanol–water partition coefficient (Wildman–Crippen LogP) is 1.89. The van der Waals surface area contributed by atoms with E-state index in [4.69, 9.17) is 0 Å². The summed E-state index contributed by atoms with van der Waals surface area (Å²) in [6.07, 6.45) is 0. The van der Waals surface area contributed by atoms with Gasteiger partial charge in [0.2, 0.25) is 0 Å². The monoisotopic (exact) mass is 324 g/mol. The number of nitrogens with zero attached hydrogens (tertiary/aromatic N) is 4. The highest BCUT2D eigenvalue weighted by Gasteiger charge is 2.27. The SMILES string of the molecule is Cc1c(C)n([O-])c2cc3c(cc2n1[O-])[n+](=O)c1ccccc1[n+]3=O. The second-order valence-corrected chi connectivity index (χ2v) is 5.67. The first kappa shape index (κ1) is 14.2. The number of hydrogen-bond acceptors (Lipinski definition) is 4. The molecule has 2 heterocycles.